The molecule has 1 amide bonds. The number of aromatic amines is 1. The highest BCUT2D eigenvalue weighted by molar-refractivity contribution is 5.94. The highest BCUT2D eigenvalue weighted by Gasteiger charge is 2.30. The molecule has 0 spiro atoms. The number of benzene rings is 2. The molecule has 1 aromatic heterocycles. The maximum Gasteiger partial charge on any atom is 0.573 e. The van der Waals surface area contributed by atoms with Crippen molar-refractivity contribution in [2.24, 2.45) is 0 Å². The third-order valence-corrected chi connectivity index (χ3v) is 3.22. The lowest BCUT2D eigenvalue weighted by molar-refractivity contribution is -0.274. The average Bonchev–Trinajstić information content (AvgIpc) is 2.87. The zero-order chi connectivity index (χ0) is 18.0. The van der Waals surface area contributed by atoms with Crippen molar-refractivity contribution >= 4 is 22.7 Å². The number of ether oxygens (including phenoxy) is 1. The van der Waals surface area contributed by atoms with Gasteiger partial charge in [0.1, 0.15) is 5.75 Å². The fraction of sp³-hybridized carbons (Fsp3) is 0.125. The number of hydrogen-bond donors (Lipinski definition) is 2. The fourth-order valence-corrected chi connectivity index (χ4v) is 2.23. The van der Waals surface area contributed by atoms with E-state index in [1.165, 1.54) is 18.2 Å². The molecule has 3 aromatic rings. The van der Waals surface area contributed by atoms with Gasteiger partial charge in [0.2, 0.25) is 5.91 Å². The van der Waals surface area contributed by atoms with Crippen LogP contribution in [0.3, 0.4) is 0 Å². The Balaban J connectivity index is 1.64. The first-order chi connectivity index (χ1) is 11.8. The van der Waals surface area contributed by atoms with Gasteiger partial charge in [-0.25, -0.2) is 4.79 Å². The number of rotatable bonds is 4. The molecule has 2 aromatic carbocycles. The number of amides is 1. The molecule has 1 heterocycles. The van der Waals surface area contributed by atoms with Crippen LogP contribution in [0.15, 0.2) is 51.7 Å². The Labute approximate surface area is 138 Å². The van der Waals surface area contributed by atoms with Gasteiger partial charge in [0.15, 0.2) is 5.58 Å². The van der Waals surface area contributed by atoms with Gasteiger partial charge in [-0.1, -0.05) is 12.1 Å². The Morgan fingerprint density at radius 2 is 1.88 bits per heavy atom. The summed E-state index contributed by atoms with van der Waals surface area (Å²) in [6.07, 6.45) is -4.79. The molecule has 0 bridgehead atoms. The molecular weight excluding hydrogens is 341 g/mol. The predicted octanol–water partition coefficient (Wildman–Crippen LogP) is 3.20. The second-order valence-corrected chi connectivity index (χ2v) is 5.14. The number of aromatic nitrogens is 1. The highest BCUT2D eigenvalue weighted by Crippen LogP contribution is 2.23. The maximum atomic E-state index is 12.1. The first-order valence-electron chi connectivity index (χ1n) is 7.06. The van der Waals surface area contributed by atoms with Crippen molar-refractivity contribution in [2.45, 2.75) is 12.8 Å². The monoisotopic (exact) mass is 352 g/mol. The lowest BCUT2D eigenvalue weighted by Crippen LogP contribution is -2.17. The van der Waals surface area contributed by atoms with Crippen LogP contribution in [-0.2, 0) is 11.2 Å². The lowest BCUT2D eigenvalue weighted by atomic mass is 10.1. The third-order valence-electron chi connectivity index (χ3n) is 3.22. The molecule has 6 nitrogen and oxygen atoms in total. The number of hydrogen-bond acceptors (Lipinski definition) is 4. The summed E-state index contributed by atoms with van der Waals surface area (Å²) in [5.41, 5.74) is 1.77. The van der Waals surface area contributed by atoms with E-state index in [-0.39, 0.29) is 18.1 Å². The number of nitrogens with one attached hydrogen (secondary N) is 2. The Bertz CT molecular complexity index is 958. The van der Waals surface area contributed by atoms with Crippen molar-refractivity contribution in [1.29, 1.82) is 0 Å². The first kappa shape index (κ1) is 16.6. The van der Waals surface area contributed by atoms with Gasteiger partial charge < -0.3 is 14.5 Å². The van der Waals surface area contributed by atoms with Crippen LogP contribution in [0.5, 0.6) is 5.75 Å². The molecule has 0 aliphatic rings. The van der Waals surface area contributed by atoms with Gasteiger partial charge in [0, 0.05) is 5.69 Å². The van der Waals surface area contributed by atoms with E-state index >= 15 is 0 Å². The minimum atomic E-state index is -4.76. The van der Waals surface area contributed by atoms with Crippen molar-refractivity contribution in [1.82, 2.24) is 4.98 Å². The highest BCUT2D eigenvalue weighted by atomic mass is 19.4. The molecule has 3 rings (SSSR count). The summed E-state index contributed by atoms with van der Waals surface area (Å²) in [5, 5.41) is 2.63. The summed E-state index contributed by atoms with van der Waals surface area (Å²) in [4.78, 5) is 25.6. The van der Waals surface area contributed by atoms with E-state index in [9.17, 15) is 22.8 Å². The summed E-state index contributed by atoms with van der Waals surface area (Å²) in [5.74, 6) is -1.32. The largest absolute Gasteiger partial charge is 0.573 e. The van der Waals surface area contributed by atoms with Crippen LogP contribution in [-0.4, -0.2) is 17.3 Å². The molecule has 0 saturated carbocycles. The van der Waals surface area contributed by atoms with Crippen LogP contribution >= 0.6 is 0 Å². The number of carbonyl (C=O) groups is 1. The average molecular weight is 352 g/mol. The molecular formula is C16H11F3N2O4. The Kier molecular flexibility index (Phi) is 4.22. The van der Waals surface area contributed by atoms with E-state index in [1.54, 1.807) is 12.1 Å². The maximum absolute atomic E-state index is 12.1. The predicted molar refractivity (Wildman–Crippen MR) is 82.3 cm³/mol. The molecule has 0 fully saturated rings. The van der Waals surface area contributed by atoms with Crippen molar-refractivity contribution in [3.05, 3.63) is 58.6 Å². The Morgan fingerprint density at radius 3 is 2.56 bits per heavy atom. The SMILES string of the molecule is O=C(Cc1ccc(OC(F)(F)F)cc1)Nc1ccc2oc(=O)[nH]c2c1. The zero-order valence-corrected chi connectivity index (χ0v) is 12.5. The van der Waals surface area contributed by atoms with Gasteiger partial charge in [-0.05, 0) is 35.9 Å². The van der Waals surface area contributed by atoms with Gasteiger partial charge >= 0.3 is 12.1 Å². The standard InChI is InChI=1S/C16H11F3N2O4/c17-16(18,19)25-11-4-1-9(2-5-11)7-14(22)20-10-3-6-13-12(8-10)21-15(23)24-13/h1-6,8H,7H2,(H,20,22)(H,21,23). The number of alkyl halides is 3. The van der Waals surface area contributed by atoms with Gasteiger partial charge in [0.05, 0.1) is 11.9 Å². The zero-order valence-electron chi connectivity index (χ0n) is 12.5. The fourth-order valence-electron chi connectivity index (χ4n) is 2.23. The molecule has 2 N–H and O–H groups in total. The van der Waals surface area contributed by atoms with E-state index in [0.29, 0.717) is 22.4 Å². The van der Waals surface area contributed by atoms with Crippen LogP contribution in [0, 0.1) is 0 Å². The number of halogens is 3. The summed E-state index contributed by atoms with van der Waals surface area (Å²) in [6, 6.07) is 9.66. The van der Waals surface area contributed by atoms with Crippen LogP contribution in [0.4, 0.5) is 18.9 Å². The lowest BCUT2D eigenvalue weighted by Gasteiger charge is -2.09. The first-order valence-corrected chi connectivity index (χ1v) is 7.06. The van der Waals surface area contributed by atoms with E-state index in [4.69, 9.17) is 4.42 Å². The number of fused-ring (bicyclic) bond motifs is 1. The topological polar surface area (TPSA) is 84.3 Å². The van der Waals surface area contributed by atoms with Gasteiger partial charge in [0.25, 0.3) is 0 Å². The molecule has 9 heteroatoms. The van der Waals surface area contributed by atoms with Crippen molar-refractivity contribution < 1.29 is 27.1 Å². The minimum Gasteiger partial charge on any atom is -0.408 e. The number of H-pyrrole nitrogens is 1. The Hall–Kier alpha value is -3.23. The summed E-state index contributed by atoms with van der Waals surface area (Å²) >= 11 is 0. The van der Waals surface area contributed by atoms with E-state index < -0.39 is 12.1 Å². The molecule has 0 aliphatic carbocycles. The molecule has 0 atom stereocenters. The Morgan fingerprint density at radius 1 is 1.16 bits per heavy atom. The molecule has 0 unspecified atom stereocenters. The molecule has 0 radical (unpaired) electrons. The van der Waals surface area contributed by atoms with E-state index in [0.717, 1.165) is 12.1 Å². The second-order valence-electron chi connectivity index (χ2n) is 5.14. The molecule has 0 saturated heterocycles. The number of anilines is 1. The number of oxazole rings is 1. The van der Waals surface area contributed by atoms with Gasteiger partial charge in [-0.3, -0.25) is 9.78 Å². The van der Waals surface area contributed by atoms with E-state index in [1.807, 2.05) is 0 Å². The van der Waals surface area contributed by atoms with Crippen LogP contribution in [0.25, 0.3) is 11.1 Å². The summed E-state index contributed by atoms with van der Waals surface area (Å²) < 4.78 is 44.9. The van der Waals surface area contributed by atoms with Gasteiger partial charge in [-0.15, -0.1) is 13.2 Å². The molecule has 25 heavy (non-hydrogen) atoms. The smallest absolute Gasteiger partial charge is 0.408 e. The van der Waals surface area contributed by atoms with Gasteiger partial charge in [-0.2, -0.15) is 0 Å². The minimum absolute atomic E-state index is 0.0355. The van der Waals surface area contributed by atoms with E-state index in [2.05, 4.69) is 15.0 Å². The second kappa shape index (κ2) is 6.34. The van der Waals surface area contributed by atoms with Crippen molar-refractivity contribution in [2.75, 3.05) is 5.32 Å². The molecule has 0 aliphatic heterocycles. The third kappa shape index (κ3) is 4.40. The normalized spacial score (nSPS) is 11.5. The molecule has 130 valence electrons. The summed E-state index contributed by atoms with van der Waals surface area (Å²) in [7, 11) is 0. The van der Waals surface area contributed by atoms with Crippen LogP contribution < -0.4 is 15.8 Å². The van der Waals surface area contributed by atoms with Crippen molar-refractivity contribution in [3.8, 4) is 5.75 Å². The quantitative estimate of drug-likeness (QED) is 0.755. The van der Waals surface area contributed by atoms with Crippen molar-refractivity contribution in [3.63, 3.8) is 0 Å². The number of carbonyl (C=O) groups excluding carboxylic acids is 1. The van der Waals surface area contributed by atoms with Crippen LogP contribution in [0.2, 0.25) is 0 Å². The van der Waals surface area contributed by atoms with Crippen LogP contribution in [0.1, 0.15) is 5.56 Å². The summed E-state index contributed by atoms with van der Waals surface area (Å²) in [6.45, 7) is 0.